The van der Waals surface area contributed by atoms with Gasteiger partial charge in [-0.25, -0.2) is 9.97 Å². The Bertz CT molecular complexity index is 1360. The van der Waals surface area contributed by atoms with Gasteiger partial charge in [-0.15, -0.1) is 0 Å². The quantitative estimate of drug-likeness (QED) is 0.392. The van der Waals surface area contributed by atoms with Crippen LogP contribution in [0.15, 0.2) is 42.7 Å². The van der Waals surface area contributed by atoms with Gasteiger partial charge in [-0.1, -0.05) is 41.4 Å². The molecule has 1 saturated heterocycles. The summed E-state index contributed by atoms with van der Waals surface area (Å²) in [6.45, 7) is 5.71. The number of aliphatic hydroxyl groups excluding tert-OH is 1. The van der Waals surface area contributed by atoms with Gasteiger partial charge in [0.05, 0.1) is 29.6 Å². The van der Waals surface area contributed by atoms with E-state index >= 15 is 0 Å². The second-order valence-electron chi connectivity index (χ2n) is 10.1. The predicted octanol–water partition coefficient (Wildman–Crippen LogP) is 3.19. The van der Waals surface area contributed by atoms with E-state index in [1.54, 1.807) is 24.1 Å². The van der Waals surface area contributed by atoms with Crippen molar-refractivity contribution in [3.63, 3.8) is 0 Å². The molecule has 0 bridgehead atoms. The number of aliphatic hydroxyl groups is 1. The first-order chi connectivity index (χ1) is 18.8. The number of ether oxygens (including phenoxy) is 1. The topological polar surface area (TPSA) is 122 Å². The van der Waals surface area contributed by atoms with Crippen LogP contribution < -0.4 is 10.6 Å². The zero-order valence-corrected chi connectivity index (χ0v) is 22.8. The van der Waals surface area contributed by atoms with Crippen LogP contribution >= 0.6 is 11.6 Å². The lowest BCUT2D eigenvalue weighted by atomic mass is 10.0. The molecule has 0 unspecified atom stereocenters. The van der Waals surface area contributed by atoms with Gasteiger partial charge in [0.2, 0.25) is 11.9 Å². The van der Waals surface area contributed by atoms with Crippen molar-refractivity contribution >= 4 is 29.4 Å². The number of fused-ring (bicyclic) bond motifs is 1. The molecule has 2 amide bonds. The fourth-order valence-corrected chi connectivity index (χ4v) is 5.26. The van der Waals surface area contributed by atoms with Gasteiger partial charge in [0.25, 0.3) is 5.91 Å². The number of aryl methyl sites for hydroxylation is 1. The van der Waals surface area contributed by atoms with Gasteiger partial charge in [0, 0.05) is 44.1 Å². The standard InChI is InChI=1S/C28H33ClN6O4/c1-17-4-3-5-19(12-17)23(16-36)32-26(37)18(2)35-9-8-34-15-20(13-24(34)27(35)38)25-22(29)14-30-28(33-25)31-21-6-10-39-11-7-21/h3-5,12-15,18,21,23,36H,6-11,16H2,1-2H3,(H,32,37)(H,30,31,33)/t18-,23-/m1/s1. The van der Waals surface area contributed by atoms with E-state index in [4.69, 9.17) is 16.3 Å². The monoisotopic (exact) mass is 552 g/mol. The van der Waals surface area contributed by atoms with Crippen LogP contribution in [0.2, 0.25) is 5.02 Å². The summed E-state index contributed by atoms with van der Waals surface area (Å²) in [6.07, 6.45) is 5.18. The van der Waals surface area contributed by atoms with Gasteiger partial charge in [-0.05, 0) is 38.3 Å². The summed E-state index contributed by atoms with van der Waals surface area (Å²) in [6, 6.07) is 8.34. The number of hydrogen-bond acceptors (Lipinski definition) is 7. The summed E-state index contributed by atoms with van der Waals surface area (Å²) < 4.78 is 7.29. The maximum Gasteiger partial charge on any atom is 0.271 e. The molecular formula is C28H33ClN6O4. The van der Waals surface area contributed by atoms with Gasteiger partial charge in [-0.3, -0.25) is 9.59 Å². The van der Waals surface area contributed by atoms with E-state index in [0.29, 0.717) is 54.2 Å². The van der Waals surface area contributed by atoms with Crippen LogP contribution in [0.1, 0.15) is 47.4 Å². The molecule has 0 saturated carbocycles. The average molecular weight is 553 g/mol. The minimum Gasteiger partial charge on any atom is -0.394 e. The molecule has 2 aliphatic rings. The third-order valence-corrected chi connectivity index (χ3v) is 7.60. The summed E-state index contributed by atoms with van der Waals surface area (Å²) in [5, 5.41) is 16.5. The molecule has 11 heteroatoms. The van der Waals surface area contributed by atoms with Crippen LogP contribution in [-0.2, 0) is 16.1 Å². The Morgan fingerprint density at radius 2 is 2.05 bits per heavy atom. The molecule has 0 radical (unpaired) electrons. The van der Waals surface area contributed by atoms with Crippen molar-refractivity contribution in [3.8, 4) is 11.3 Å². The van der Waals surface area contributed by atoms with E-state index in [2.05, 4.69) is 20.6 Å². The Morgan fingerprint density at radius 3 is 2.79 bits per heavy atom. The molecule has 2 atom stereocenters. The van der Waals surface area contributed by atoms with E-state index in [0.717, 1.165) is 24.0 Å². The fourth-order valence-electron chi connectivity index (χ4n) is 5.06. The molecule has 4 heterocycles. The summed E-state index contributed by atoms with van der Waals surface area (Å²) in [5.74, 6) is -0.0976. The average Bonchev–Trinajstić information content (AvgIpc) is 3.38. The number of carbonyl (C=O) groups excluding carboxylic acids is 2. The highest BCUT2D eigenvalue weighted by molar-refractivity contribution is 6.33. The smallest absolute Gasteiger partial charge is 0.271 e. The van der Waals surface area contributed by atoms with Crippen molar-refractivity contribution in [2.45, 2.75) is 51.4 Å². The number of aromatic nitrogens is 3. The molecule has 0 aliphatic carbocycles. The van der Waals surface area contributed by atoms with E-state index in [1.807, 2.05) is 42.0 Å². The van der Waals surface area contributed by atoms with Crippen molar-refractivity contribution in [1.29, 1.82) is 0 Å². The van der Waals surface area contributed by atoms with Crippen LogP contribution in [-0.4, -0.2) is 74.8 Å². The lowest BCUT2D eigenvalue weighted by molar-refractivity contribution is -0.126. The molecule has 1 fully saturated rings. The normalized spacial score (nSPS) is 17.4. The Balaban J connectivity index is 1.30. The van der Waals surface area contributed by atoms with Crippen LogP contribution in [0.25, 0.3) is 11.3 Å². The minimum absolute atomic E-state index is 0.231. The third-order valence-electron chi connectivity index (χ3n) is 7.32. The maximum atomic E-state index is 13.5. The summed E-state index contributed by atoms with van der Waals surface area (Å²) >= 11 is 6.47. The van der Waals surface area contributed by atoms with E-state index < -0.39 is 12.1 Å². The lowest BCUT2D eigenvalue weighted by Gasteiger charge is -2.33. The largest absolute Gasteiger partial charge is 0.394 e. The SMILES string of the molecule is Cc1cccc([C@@H](CO)NC(=O)[C@@H](C)N2CCn3cc(-c4nc(NC5CCOCC5)ncc4Cl)cc3C2=O)c1. The number of anilines is 1. The first-order valence-electron chi connectivity index (χ1n) is 13.2. The Hall–Kier alpha value is -3.47. The number of benzene rings is 1. The van der Waals surface area contributed by atoms with E-state index in [9.17, 15) is 14.7 Å². The highest BCUT2D eigenvalue weighted by atomic mass is 35.5. The molecule has 206 valence electrons. The van der Waals surface area contributed by atoms with Gasteiger partial charge in [0.15, 0.2) is 0 Å². The van der Waals surface area contributed by atoms with Crippen LogP contribution in [0.3, 0.4) is 0 Å². The number of amides is 2. The van der Waals surface area contributed by atoms with Crippen molar-refractivity contribution < 1.29 is 19.4 Å². The van der Waals surface area contributed by atoms with E-state index in [-0.39, 0.29) is 24.5 Å². The summed E-state index contributed by atoms with van der Waals surface area (Å²) in [5.41, 5.74) is 3.55. The first kappa shape index (κ1) is 27.1. The Morgan fingerprint density at radius 1 is 1.26 bits per heavy atom. The number of hydrogen-bond donors (Lipinski definition) is 3. The summed E-state index contributed by atoms with van der Waals surface area (Å²) in [4.78, 5) is 37.1. The number of nitrogens with one attached hydrogen (secondary N) is 2. The van der Waals surface area contributed by atoms with Gasteiger partial charge < -0.3 is 29.9 Å². The lowest BCUT2D eigenvalue weighted by Crippen LogP contribution is -2.52. The van der Waals surface area contributed by atoms with Crippen LogP contribution in [0.5, 0.6) is 0 Å². The van der Waals surface area contributed by atoms with Gasteiger partial charge >= 0.3 is 0 Å². The number of rotatable bonds is 8. The van der Waals surface area contributed by atoms with E-state index in [1.165, 1.54) is 0 Å². The van der Waals surface area contributed by atoms with Crippen LogP contribution in [0.4, 0.5) is 5.95 Å². The number of carbonyl (C=O) groups is 2. The molecule has 10 nitrogen and oxygen atoms in total. The zero-order chi connectivity index (χ0) is 27.5. The van der Waals surface area contributed by atoms with Crippen LogP contribution in [0, 0.1) is 6.92 Å². The second-order valence-corrected chi connectivity index (χ2v) is 10.5. The number of halogens is 1. The molecule has 1 aromatic carbocycles. The fraction of sp³-hybridized carbons (Fsp3) is 0.429. The molecule has 2 aliphatic heterocycles. The molecule has 2 aromatic heterocycles. The molecule has 0 spiro atoms. The van der Waals surface area contributed by atoms with Crippen molar-refractivity contribution in [1.82, 2.24) is 24.8 Å². The van der Waals surface area contributed by atoms with Gasteiger partial charge in [-0.2, -0.15) is 0 Å². The molecule has 3 aromatic rings. The molecule has 5 rings (SSSR count). The third kappa shape index (κ3) is 5.93. The van der Waals surface area contributed by atoms with Crippen molar-refractivity contribution in [3.05, 3.63) is 64.6 Å². The van der Waals surface area contributed by atoms with Gasteiger partial charge in [0.1, 0.15) is 11.7 Å². The van der Waals surface area contributed by atoms with Crippen molar-refractivity contribution in [2.75, 3.05) is 31.7 Å². The Kier molecular flexibility index (Phi) is 8.15. The minimum atomic E-state index is -0.721. The molecular weight excluding hydrogens is 520 g/mol. The molecule has 39 heavy (non-hydrogen) atoms. The Labute approximate surface area is 232 Å². The zero-order valence-electron chi connectivity index (χ0n) is 22.1. The second kappa shape index (κ2) is 11.7. The first-order valence-corrected chi connectivity index (χ1v) is 13.6. The highest BCUT2D eigenvalue weighted by Crippen LogP contribution is 2.30. The van der Waals surface area contributed by atoms with Crippen molar-refractivity contribution in [2.24, 2.45) is 0 Å². The maximum absolute atomic E-state index is 13.5. The predicted molar refractivity (Wildman–Crippen MR) is 148 cm³/mol. The number of nitrogens with zero attached hydrogens (tertiary/aromatic N) is 4. The molecule has 3 N–H and O–H groups in total. The summed E-state index contributed by atoms with van der Waals surface area (Å²) in [7, 11) is 0. The highest BCUT2D eigenvalue weighted by Gasteiger charge is 2.33.